The molecule has 1 aromatic heterocycles. The molecular formula is C23H22O3S. The van der Waals surface area contributed by atoms with Crippen LogP contribution < -0.4 is 0 Å². The SMILES string of the molecule is CC(C)(C)c1cccc(C(=O)Cc2ccc3sc(/C=C/C(=O)O)cc3c2)c1. The molecule has 0 saturated carbocycles. The van der Waals surface area contributed by atoms with Crippen LogP contribution in [0.3, 0.4) is 0 Å². The van der Waals surface area contributed by atoms with E-state index in [0.717, 1.165) is 37.7 Å². The summed E-state index contributed by atoms with van der Waals surface area (Å²) in [5, 5.41) is 9.78. The molecule has 3 rings (SSSR count). The lowest BCUT2D eigenvalue weighted by atomic mass is 9.85. The highest BCUT2D eigenvalue weighted by Gasteiger charge is 2.16. The highest BCUT2D eigenvalue weighted by Crippen LogP contribution is 2.28. The molecule has 0 spiro atoms. The summed E-state index contributed by atoms with van der Waals surface area (Å²) in [6.45, 7) is 6.41. The third-order valence-corrected chi connectivity index (χ3v) is 5.49. The van der Waals surface area contributed by atoms with Crippen molar-refractivity contribution in [2.75, 3.05) is 0 Å². The molecule has 0 aliphatic rings. The Kier molecular flexibility index (Phi) is 5.29. The van der Waals surface area contributed by atoms with Crippen molar-refractivity contribution in [2.45, 2.75) is 32.6 Å². The lowest BCUT2D eigenvalue weighted by Crippen LogP contribution is -2.12. The number of thiophene rings is 1. The van der Waals surface area contributed by atoms with Gasteiger partial charge in [-0.15, -0.1) is 11.3 Å². The Bertz CT molecular complexity index is 1040. The van der Waals surface area contributed by atoms with E-state index in [0.29, 0.717) is 6.42 Å². The molecule has 1 N–H and O–H groups in total. The van der Waals surface area contributed by atoms with Gasteiger partial charge in [0.25, 0.3) is 0 Å². The number of carboxylic acid groups (broad SMARTS) is 1. The summed E-state index contributed by atoms with van der Waals surface area (Å²) in [5.41, 5.74) is 2.85. The molecule has 2 aromatic carbocycles. The molecule has 4 heteroatoms. The Morgan fingerprint density at radius 2 is 1.85 bits per heavy atom. The van der Waals surface area contributed by atoms with Crippen molar-refractivity contribution in [3.8, 4) is 0 Å². The molecule has 27 heavy (non-hydrogen) atoms. The zero-order chi connectivity index (χ0) is 19.6. The van der Waals surface area contributed by atoms with Gasteiger partial charge in [0.1, 0.15) is 0 Å². The van der Waals surface area contributed by atoms with Crippen LogP contribution in [0.5, 0.6) is 0 Å². The minimum Gasteiger partial charge on any atom is -0.478 e. The summed E-state index contributed by atoms with van der Waals surface area (Å²) in [7, 11) is 0. The van der Waals surface area contributed by atoms with Gasteiger partial charge in [0.15, 0.2) is 5.78 Å². The minimum atomic E-state index is -0.962. The maximum atomic E-state index is 12.7. The smallest absolute Gasteiger partial charge is 0.328 e. The van der Waals surface area contributed by atoms with E-state index in [1.165, 1.54) is 11.3 Å². The first-order chi connectivity index (χ1) is 12.7. The lowest BCUT2D eigenvalue weighted by Gasteiger charge is -2.19. The Balaban J connectivity index is 1.82. The van der Waals surface area contributed by atoms with Gasteiger partial charge in [-0.05, 0) is 52.3 Å². The first kappa shape index (κ1) is 19.1. The fourth-order valence-electron chi connectivity index (χ4n) is 2.91. The van der Waals surface area contributed by atoms with Gasteiger partial charge in [0.2, 0.25) is 0 Å². The second kappa shape index (κ2) is 7.49. The molecule has 3 aromatic rings. The normalized spacial score (nSPS) is 12.0. The van der Waals surface area contributed by atoms with Crippen LogP contribution in [0.15, 0.2) is 54.6 Å². The van der Waals surface area contributed by atoms with E-state index in [1.807, 2.05) is 42.5 Å². The van der Waals surface area contributed by atoms with Crippen molar-refractivity contribution >= 4 is 39.3 Å². The number of carboxylic acids is 1. The number of rotatable bonds is 5. The fourth-order valence-corrected chi connectivity index (χ4v) is 3.85. The Morgan fingerprint density at radius 3 is 2.56 bits per heavy atom. The first-order valence-corrected chi connectivity index (χ1v) is 9.61. The van der Waals surface area contributed by atoms with Crippen LogP contribution in [0.1, 0.15) is 47.1 Å². The van der Waals surface area contributed by atoms with Gasteiger partial charge in [-0.2, -0.15) is 0 Å². The molecule has 3 nitrogen and oxygen atoms in total. The van der Waals surface area contributed by atoms with Crippen LogP contribution in [-0.2, 0) is 16.6 Å². The maximum Gasteiger partial charge on any atom is 0.328 e. The Morgan fingerprint density at radius 1 is 1.07 bits per heavy atom. The number of hydrogen-bond acceptors (Lipinski definition) is 3. The van der Waals surface area contributed by atoms with Crippen molar-refractivity contribution in [1.82, 2.24) is 0 Å². The Labute approximate surface area is 163 Å². The van der Waals surface area contributed by atoms with Crippen LogP contribution >= 0.6 is 11.3 Å². The lowest BCUT2D eigenvalue weighted by molar-refractivity contribution is -0.131. The molecule has 0 bridgehead atoms. The number of benzene rings is 2. The van der Waals surface area contributed by atoms with Crippen LogP contribution in [0, 0.1) is 0 Å². The highest BCUT2D eigenvalue weighted by molar-refractivity contribution is 7.19. The van der Waals surface area contributed by atoms with Gasteiger partial charge in [0, 0.05) is 27.6 Å². The average molecular weight is 378 g/mol. The standard InChI is InChI=1S/C23H22O3S/c1-23(2,3)18-6-4-5-16(13-18)20(24)12-15-7-9-21-17(11-15)14-19(27-21)8-10-22(25)26/h4-11,13-14H,12H2,1-3H3,(H,25,26)/b10-8+. The molecule has 138 valence electrons. The number of aliphatic carboxylic acids is 1. The third-order valence-electron chi connectivity index (χ3n) is 4.41. The minimum absolute atomic E-state index is 0.00570. The quantitative estimate of drug-likeness (QED) is 0.456. The predicted molar refractivity (Wildman–Crippen MR) is 112 cm³/mol. The summed E-state index contributed by atoms with van der Waals surface area (Å²) >= 11 is 1.53. The van der Waals surface area contributed by atoms with Gasteiger partial charge in [-0.1, -0.05) is 45.0 Å². The van der Waals surface area contributed by atoms with Gasteiger partial charge in [-0.25, -0.2) is 4.79 Å². The van der Waals surface area contributed by atoms with Crippen LogP contribution in [-0.4, -0.2) is 16.9 Å². The van der Waals surface area contributed by atoms with Crippen molar-refractivity contribution in [1.29, 1.82) is 0 Å². The molecule has 0 radical (unpaired) electrons. The van der Waals surface area contributed by atoms with E-state index in [-0.39, 0.29) is 11.2 Å². The first-order valence-electron chi connectivity index (χ1n) is 8.79. The molecule has 0 unspecified atom stereocenters. The summed E-state index contributed by atoms with van der Waals surface area (Å²) < 4.78 is 1.07. The zero-order valence-electron chi connectivity index (χ0n) is 15.7. The third kappa shape index (κ3) is 4.72. The summed E-state index contributed by atoms with van der Waals surface area (Å²) in [5.74, 6) is -0.863. The van der Waals surface area contributed by atoms with Crippen molar-refractivity contribution < 1.29 is 14.7 Å². The molecule has 0 fully saturated rings. The predicted octanol–water partition coefficient (Wildman–Crippen LogP) is 5.72. The van der Waals surface area contributed by atoms with E-state index in [4.69, 9.17) is 5.11 Å². The molecular weight excluding hydrogens is 356 g/mol. The number of carbonyl (C=O) groups excluding carboxylic acids is 1. The number of ketones is 1. The second-order valence-corrected chi connectivity index (χ2v) is 8.74. The molecule has 0 atom stereocenters. The van der Waals surface area contributed by atoms with Gasteiger partial charge in [-0.3, -0.25) is 4.79 Å². The van der Waals surface area contributed by atoms with Crippen molar-refractivity contribution in [3.05, 3.63) is 76.2 Å². The molecule has 0 amide bonds. The van der Waals surface area contributed by atoms with Gasteiger partial charge < -0.3 is 5.11 Å². The van der Waals surface area contributed by atoms with E-state index in [1.54, 1.807) is 6.08 Å². The molecule has 1 heterocycles. The van der Waals surface area contributed by atoms with E-state index < -0.39 is 5.97 Å². The van der Waals surface area contributed by atoms with Crippen molar-refractivity contribution in [3.63, 3.8) is 0 Å². The number of fused-ring (bicyclic) bond motifs is 1. The molecule has 0 aliphatic carbocycles. The van der Waals surface area contributed by atoms with Crippen molar-refractivity contribution in [2.24, 2.45) is 0 Å². The topological polar surface area (TPSA) is 54.4 Å². The highest BCUT2D eigenvalue weighted by atomic mass is 32.1. The molecule has 0 aliphatic heterocycles. The van der Waals surface area contributed by atoms with Crippen LogP contribution in [0.2, 0.25) is 0 Å². The van der Waals surface area contributed by atoms with Crippen LogP contribution in [0.4, 0.5) is 0 Å². The summed E-state index contributed by atoms with van der Waals surface area (Å²) in [6.07, 6.45) is 3.08. The monoisotopic (exact) mass is 378 g/mol. The molecule has 0 saturated heterocycles. The largest absolute Gasteiger partial charge is 0.478 e. The number of Topliss-reactive ketones (excluding diaryl/α,β-unsaturated/α-hetero) is 1. The number of carbonyl (C=O) groups is 2. The Hall–Kier alpha value is -2.72. The van der Waals surface area contributed by atoms with E-state index >= 15 is 0 Å². The average Bonchev–Trinajstić information content (AvgIpc) is 3.01. The number of hydrogen-bond donors (Lipinski definition) is 1. The fraction of sp³-hybridized carbons (Fsp3) is 0.217. The maximum absolute atomic E-state index is 12.7. The second-order valence-electron chi connectivity index (χ2n) is 7.62. The van der Waals surface area contributed by atoms with Gasteiger partial charge in [0.05, 0.1) is 0 Å². The summed E-state index contributed by atoms with van der Waals surface area (Å²) in [4.78, 5) is 24.3. The van der Waals surface area contributed by atoms with E-state index in [2.05, 4.69) is 26.8 Å². The van der Waals surface area contributed by atoms with Crippen LogP contribution in [0.25, 0.3) is 16.2 Å². The summed E-state index contributed by atoms with van der Waals surface area (Å²) in [6, 6.07) is 15.8. The zero-order valence-corrected chi connectivity index (χ0v) is 16.5. The van der Waals surface area contributed by atoms with E-state index in [9.17, 15) is 9.59 Å². The van der Waals surface area contributed by atoms with Gasteiger partial charge >= 0.3 is 5.97 Å².